The monoisotopic (exact) mass is 489 g/mol. The number of halogens is 1. The van der Waals surface area contributed by atoms with Gasteiger partial charge in [0.05, 0.1) is 18.9 Å². The topological polar surface area (TPSA) is 101 Å². The number of carbonyl (C=O) groups is 1. The van der Waals surface area contributed by atoms with Gasteiger partial charge in [0.2, 0.25) is 0 Å². The van der Waals surface area contributed by atoms with Crippen molar-refractivity contribution in [2.75, 3.05) is 27.7 Å². The minimum atomic E-state index is -3.98. The number of furan rings is 1. The molecule has 33 heavy (non-hydrogen) atoms. The molecule has 0 aliphatic carbocycles. The molecule has 0 saturated heterocycles. The van der Waals surface area contributed by atoms with Gasteiger partial charge in [0, 0.05) is 31.2 Å². The van der Waals surface area contributed by atoms with E-state index in [4.69, 9.17) is 20.8 Å². The van der Waals surface area contributed by atoms with Gasteiger partial charge in [-0.15, -0.1) is 4.40 Å². The van der Waals surface area contributed by atoms with E-state index in [9.17, 15) is 13.2 Å². The normalized spacial score (nSPS) is 11.5. The van der Waals surface area contributed by atoms with Crippen molar-refractivity contribution >= 4 is 33.9 Å². The molecule has 0 aliphatic heterocycles. The molecule has 0 bridgehead atoms. The Bertz CT molecular complexity index is 1260. The van der Waals surface area contributed by atoms with Gasteiger partial charge in [-0.2, -0.15) is 8.42 Å². The Hall–Kier alpha value is -3.30. The van der Waals surface area contributed by atoms with Gasteiger partial charge in [-0.25, -0.2) is 0 Å². The summed E-state index contributed by atoms with van der Waals surface area (Å²) >= 11 is 6.00. The molecule has 0 saturated carbocycles. The molecule has 0 spiro atoms. The fraction of sp³-hybridized carbons (Fsp3) is 0.217. The summed E-state index contributed by atoms with van der Waals surface area (Å²) in [7, 11) is 0.852. The summed E-state index contributed by atoms with van der Waals surface area (Å²) in [4.78, 5) is 14.1. The van der Waals surface area contributed by atoms with Gasteiger partial charge in [0.25, 0.3) is 15.9 Å². The predicted octanol–water partition coefficient (Wildman–Crippen LogP) is 3.86. The van der Waals surface area contributed by atoms with Crippen LogP contribution >= 0.6 is 11.6 Å². The van der Waals surface area contributed by atoms with Crippen molar-refractivity contribution in [2.24, 2.45) is 4.40 Å². The van der Waals surface area contributed by atoms with E-state index in [2.05, 4.69) is 9.71 Å². The van der Waals surface area contributed by atoms with E-state index in [-0.39, 0.29) is 17.3 Å². The molecule has 1 aromatic heterocycles. The quantitative estimate of drug-likeness (QED) is 0.362. The highest BCUT2D eigenvalue weighted by molar-refractivity contribution is 7.90. The molecule has 8 nitrogen and oxygen atoms in total. The number of sulfonamides is 1. The number of benzene rings is 2. The zero-order chi connectivity index (χ0) is 24.0. The van der Waals surface area contributed by atoms with Crippen LogP contribution in [0.1, 0.15) is 15.9 Å². The Balaban J connectivity index is 1.82. The fourth-order valence-electron chi connectivity index (χ4n) is 3.06. The van der Waals surface area contributed by atoms with Crippen LogP contribution in [0.5, 0.6) is 5.75 Å². The fourth-order valence-corrected chi connectivity index (χ4v) is 4.40. The molecule has 1 amide bonds. The van der Waals surface area contributed by atoms with E-state index in [0.717, 1.165) is 0 Å². The van der Waals surface area contributed by atoms with Crippen LogP contribution in [0.15, 0.2) is 68.5 Å². The number of carbonyl (C=O) groups excluding carboxylic acids is 1. The lowest BCUT2D eigenvalue weighted by Crippen LogP contribution is -2.26. The lowest BCUT2D eigenvalue weighted by Gasteiger charge is -2.12. The first-order chi connectivity index (χ1) is 15.7. The van der Waals surface area contributed by atoms with Crippen molar-refractivity contribution < 1.29 is 22.4 Å². The smallest absolute Gasteiger partial charge is 0.284 e. The largest absolute Gasteiger partial charge is 0.496 e. The van der Waals surface area contributed by atoms with Gasteiger partial charge < -0.3 is 19.4 Å². The lowest BCUT2D eigenvalue weighted by atomic mass is 10.1. The number of rotatable bonds is 9. The maximum absolute atomic E-state index is 12.9. The number of ether oxygens (including phenoxy) is 1. The van der Waals surface area contributed by atoms with E-state index in [0.29, 0.717) is 39.6 Å². The molecule has 10 heteroatoms. The summed E-state index contributed by atoms with van der Waals surface area (Å²) in [6.45, 7) is 0.273. The van der Waals surface area contributed by atoms with Gasteiger partial charge >= 0.3 is 0 Å². The Kier molecular flexibility index (Phi) is 7.78. The van der Waals surface area contributed by atoms with Gasteiger partial charge in [0.1, 0.15) is 22.7 Å². The average Bonchev–Trinajstić information content (AvgIpc) is 3.32. The molecule has 0 unspecified atom stereocenters. The van der Waals surface area contributed by atoms with Crippen LogP contribution in [-0.4, -0.2) is 53.3 Å². The SMILES string of the molecule is COc1ccc(Cl)cc1C(=O)NCCc1ccc(-c2ccco2)c(S(=O)(=O)/N=C/N(C)C)c1. The first-order valence-electron chi connectivity index (χ1n) is 9.96. The number of amides is 1. The van der Waals surface area contributed by atoms with Crippen LogP contribution in [0.2, 0.25) is 5.02 Å². The van der Waals surface area contributed by atoms with Crippen molar-refractivity contribution in [3.63, 3.8) is 0 Å². The molecule has 3 rings (SSSR count). The number of methoxy groups -OCH3 is 1. The van der Waals surface area contributed by atoms with Crippen LogP contribution in [-0.2, 0) is 16.4 Å². The molecule has 1 N–H and O–H groups in total. The standard InChI is InChI=1S/C23H24ClN3O5S/c1-27(2)15-26-33(29,30)22-13-16(6-8-18(22)21-5-4-12-32-21)10-11-25-23(28)19-14-17(24)7-9-20(19)31-3/h4-9,12-15H,10-11H2,1-3H3,(H,25,28)/b26-15+. The second-order valence-electron chi connectivity index (χ2n) is 7.32. The van der Waals surface area contributed by atoms with Crippen molar-refractivity contribution in [3.05, 3.63) is 70.9 Å². The summed E-state index contributed by atoms with van der Waals surface area (Å²) in [5.74, 6) is 0.485. The van der Waals surface area contributed by atoms with E-state index in [1.165, 1.54) is 30.7 Å². The molecule has 0 fully saturated rings. The highest BCUT2D eigenvalue weighted by atomic mass is 35.5. The Morgan fingerprint density at radius 3 is 2.67 bits per heavy atom. The Morgan fingerprint density at radius 1 is 1.21 bits per heavy atom. The zero-order valence-corrected chi connectivity index (χ0v) is 20.0. The lowest BCUT2D eigenvalue weighted by molar-refractivity contribution is 0.0951. The van der Waals surface area contributed by atoms with Crippen molar-refractivity contribution in [3.8, 4) is 17.1 Å². The van der Waals surface area contributed by atoms with Crippen LogP contribution in [0.4, 0.5) is 0 Å². The van der Waals surface area contributed by atoms with Gasteiger partial charge in [0.15, 0.2) is 0 Å². The van der Waals surface area contributed by atoms with Gasteiger partial charge in [-0.3, -0.25) is 4.79 Å². The number of hydrogen-bond acceptors (Lipinski definition) is 5. The molecule has 3 aromatic rings. The summed E-state index contributed by atoms with van der Waals surface area (Å²) < 4.78 is 40.2. The minimum absolute atomic E-state index is 0.0240. The average molecular weight is 490 g/mol. The molecular formula is C23H24ClN3O5S. The molecule has 0 atom stereocenters. The highest BCUT2D eigenvalue weighted by Crippen LogP contribution is 2.30. The van der Waals surface area contributed by atoms with E-state index >= 15 is 0 Å². The van der Waals surface area contributed by atoms with Crippen LogP contribution in [0.25, 0.3) is 11.3 Å². The third kappa shape index (κ3) is 6.15. The molecule has 0 aliphatic rings. The third-order valence-corrected chi connectivity index (χ3v) is 6.13. The molecular weight excluding hydrogens is 466 g/mol. The predicted molar refractivity (Wildman–Crippen MR) is 128 cm³/mol. The van der Waals surface area contributed by atoms with E-state index < -0.39 is 10.0 Å². The first-order valence-corrected chi connectivity index (χ1v) is 11.8. The Labute approximate surface area is 197 Å². The summed E-state index contributed by atoms with van der Waals surface area (Å²) in [6, 6.07) is 13.2. The maximum Gasteiger partial charge on any atom is 0.284 e. The summed E-state index contributed by atoms with van der Waals surface area (Å²) in [6.07, 6.45) is 3.10. The number of nitrogens with zero attached hydrogens (tertiary/aromatic N) is 2. The number of nitrogens with one attached hydrogen (secondary N) is 1. The molecule has 0 radical (unpaired) electrons. The van der Waals surface area contributed by atoms with Crippen LogP contribution in [0, 0.1) is 0 Å². The van der Waals surface area contributed by atoms with Crippen molar-refractivity contribution in [1.29, 1.82) is 0 Å². The van der Waals surface area contributed by atoms with Crippen LogP contribution in [0.3, 0.4) is 0 Å². The summed E-state index contributed by atoms with van der Waals surface area (Å²) in [5, 5.41) is 3.23. The second-order valence-corrected chi connectivity index (χ2v) is 9.36. The molecule has 174 valence electrons. The van der Waals surface area contributed by atoms with Crippen molar-refractivity contribution in [1.82, 2.24) is 10.2 Å². The third-order valence-electron chi connectivity index (χ3n) is 4.63. The first kappa shape index (κ1) is 24.3. The maximum atomic E-state index is 12.9. The van der Waals surface area contributed by atoms with Gasteiger partial charge in [-0.05, 0) is 54.4 Å². The molecule has 2 aromatic carbocycles. The number of hydrogen-bond donors (Lipinski definition) is 1. The van der Waals surface area contributed by atoms with E-state index in [1.807, 2.05) is 0 Å². The highest BCUT2D eigenvalue weighted by Gasteiger charge is 2.21. The minimum Gasteiger partial charge on any atom is -0.496 e. The summed E-state index contributed by atoms with van der Waals surface area (Å²) in [5.41, 5.74) is 1.44. The Morgan fingerprint density at radius 2 is 2.00 bits per heavy atom. The van der Waals surface area contributed by atoms with Crippen molar-refractivity contribution in [2.45, 2.75) is 11.3 Å². The van der Waals surface area contributed by atoms with Gasteiger partial charge in [-0.1, -0.05) is 17.7 Å². The van der Waals surface area contributed by atoms with Crippen LogP contribution < -0.4 is 10.1 Å². The second kappa shape index (κ2) is 10.5. The zero-order valence-electron chi connectivity index (χ0n) is 18.4. The molecule has 1 heterocycles. The van der Waals surface area contributed by atoms with E-state index in [1.54, 1.807) is 56.6 Å².